The molecule has 10 heteroatoms. The Labute approximate surface area is 189 Å². The summed E-state index contributed by atoms with van der Waals surface area (Å²) < 4.78 is 47.6. The van der Waals surface area contributed by atoms with Crippen LogP contribution in [0, 0.1) is 0 Å². The fraction of sp³-hybridized carbons (Fsp3) is 0.522. The van der Waals surface area contributed by atoms with E-state index in [1.807, 2.05) is 11.0 Å². The second-order valence-corrected chi connectivity index (χ2v) is 8.92. The third-order valence-corrected chi connectivity index (χ3v) is 6.66. The number of hydrogen-bond acceptors (Lipinski definition) is 6. The zero-order valence-electron chi connectivity index (χ0n) is 18.0. The van der Waals surface area contributed by atoms with Crippen molar-refractivity contribution in [2.45, 2.75) is 56.5 Å². The van der Waals surface area contributed by atoms with E-state index in [0.717, 1.165) is 44.2 Å². The fourth-order valence-electron chi connectivity index (χ4n) is 4.63. The minimum Gasteiger partial charge on any atom is -0.406 e. The lowest BCUT2D eigenvalue weighted by Crippen LogP contribution is -2.64. The van der Waals surface area contributed by atoms with Gasteiger partial charge in [0.1, 0.15) is 5.75 Å². The van der Waals surface area contributed by atoms with E-state index >= 15 is 0 Å². The number of anilines is 1. The van der Waals surface area contributed by atoms with Crippen LogP contribution in [0.2, 0.25) is 0 Å². The quantitative estimate of drug-likeness (QED) is 0.692. The standard InChI is InChI=1S/C23H25F3N4O3/c24-23(25,26)33-19-10-15(9-17(11-19)16-1-2-16)12-27-21-28-13-18(14-29-21)20(31)30-6-3-22(30)4-7-32-8-5-22/h9-11,13-14,16H,1-8,12H2,(H,27,28,29). The highest BCUT2D eigenvalue weighted by Crippen LogP contribution is 2.42. The molecule has 1 N–H and O–H groups in total. The average molecular weight is 462 g/mol. The van der Waals surface area contributed by atoms with Gasteiger partial charge in [0.15, 0.2) is 0 Å². The predicted octanol–water partition coefficient (Wildman–Crippen LogP) is 4.26. The molecule has 176 valence electrons. The van der Waals surface area contributed by atoms with E-state index in [1.165, 1.54) is 24.5 Å². The number of rotatable bonds is 6. The molecule has 2 saturated heterocycles. The van der Waals surface area contributed by atoms with Gasteiger partial charge in [-0.05, 0) is 61.3 Å². The first-order valence-corrected chi connectivity index (χ1v) is 11.2. The van der Waals surface area contributed by atoms with Crippen LogP contribution in [0.4, 0.5) is 19.1 Å². The number of likely N-dealkylation sites (tertiary alicyclic amines) is 1. The first-order chi connectivity index (χ1) is 15.8. The number of carbonyl (C=O) groups excluding carboxylic acids is 1. The molecule has 1 amide bonds. The van der Waals surface area contributed by atoms with Crippen molar-refractivity contribution in [1.82, 2.24) is 14.9 Å². The maximum absolute atomic E-state index is 12.9. The number of aromatic nitrogens is 2. The molecule has 7 nitrogen and oxygen atoms in total. The number of halogens is 3. The largest absolute Gasteiger partial charge is 0.573 e. The fourth-order valence-corrected chi connectivity index (χ4v) is 4.63. The minimum absolute atomic E-state index is 0.0826. The number of hydrogen-bond donors (Lipinski definition) is 1. The Kier molecular flexibility index (Phi) is 5.64. The topological polar surface area (TPSA) is 76.6 Å². The van der Waals surface area contributed by atoms with Crippen molar-refractivity contribution < 1.29 is 27.4 Å². The lowest BCUT2D eigenvalue weighted by molar-refractivity contribution is -0.274. The summed E-state index contributed by atoms with van der Waals surface area (Å²) in [6, 6.07) is 4.69. The molecule has 1 aromatic carbocycles. The highest BCUT2D eigenvalue weighted by Gasteiger charge is 2.48. The Balaban J connectivity index is 1.23. The van der Waals surface area contributed by atoms with Crippen LogP contribution >= 0.6 is 0 Å². The molecule has 0 atom stereocenters. The molecule has 1 spiro atoms. The van der Waals surface area contributed by atoms with Gasteiger partial charge in [-0.2, -0.15) is 0 Å². The van der Waals surface area contributed by atoms with Crippen molar-refractivity contribution >= 4 is 11.9 Å². The van der Waals surface area contributed by atoms with Gasteiger partial charge < -0.3 is 19.7 Å². The molecule has 2 aromatic rings. The molecule has 1 aliphatic carbocycles. The van der Waals surface area contributed by atoms with E-state index in [-0.39, 0.29) is 29.7 Å². The van der Waals surface area contributed by atoms with Crippen LogP contribution in [-0.4, -0.2) is 52.4 Å². The average Bonchev–Trinajstić information content (AvgIpc) is 3.62. The highest BCUT2D eigenvalue weighted by atomic mass is 19.4. The van der Waals surface area contributed by atoms with Crippen molar-refractivity contribution in [2.24, 2.45) is 0 Å². The van der Waals surface area contributed by atoms with Gasteiger partial charge in [-0.15, -0.1) is 13.2 Å². The van der Waals surface area contributed by atoms with Gasteiger partial charge in [0.05, 0.1) is 5.56 Å². The van der Waals surface area contributed by atoms with Crippen LogP contribution in [0.3, 0.4) is 0 Å². The summed E-state index contributed by atoms with van der Waals surface area (Å²) in [6.07, 6.45) is 2.85. The Hall–Kier alpha value is -2.88. The monoisotopic (exact) mass is 462 g/mol. The molecule has 2 aliphatic heterocycles. The summed E-state index contributed by atoms with van der Waals surface area (Å²) in [6.45, 7) is 2.29. The summed E-state index contributed by atoms with van der Waals surface area (Å²) >= 11 is 0. The molecule has 5 rings (SSSR count). The van der Waals surface area contributed by atoms with Crippen LogP contribution in [0.1, 0.15) is 59.5 Å². The van der Waals surface area contributed by atoms with Crippen LogP contribution < -0.4 is 10.1 Å². The molecule has 3 heterocycles. The minimum atomic E-state index is -4.74. The van der Waals surface area contributed by atoms with Crippen LogP contribution in [0.15, 0.2) is 30.6 Å². The number of ether oxygens (including phenoxy) is 2. The van der Waals surface area contributed by atoms with Crippen molar-refractivity contribution in [2.75, 3.05) is 25.1 Å². The molecule has 33 heavy (non-hydrogen) atoms. The maximum atomic E-state index is 12.9. The van der Waals surface area contributed by atoms with Crippen molar-refractivity contribution in [3.05, 3.63) is 47.3 Å². The summed E-state index contributed by atoms with van der Waals surface area (Å²) in [7, 11) is 0. The Morgan fingerprint density at radius 3 is 2.48 bits per heavy atom. The third kappa shape index (κ3) is 4.90. The molecule has 1 saturated carbocycles. The number of amides is 1. The number of nitrogens with zero attached hydrogens (tertiary/aromatic N) is 3. The van der Waals surface area contributed by atoms with Gasteiger partial charge >= 0.3 is 6.36 Å². The molecule has 1 aromatic heterocycles. The molecule has 0 radical (unpaired) electrons. The van der Waals surface area contributed by atoms with Crippen molar-refractivity contribution in [1.29, 1.82) is 0 Å². The second kappa shape index (κ2) is 8.48. The molecular formula is C23H25F3N4O3. The van der Waals surface area contributed by atoms with E-state index in [9.17, 15) is 18.0 Å². The molecule has 0 unspecified atom stereocenters. The third-order valence-electron chi connectivity index (χ3n) is 6.66. The van der Waals surface area contributed by atoms with Gasteiger partial charge in [-0.25, -0.2) is 9.97 Å². The number of carbonyl (C=O) groups is 1. The van der Waals surface area contributed by atoms with Crippen LogP contribution in [0.5, 0.6) is 5.75 Å². The Bertz CT molecular complexity index is 1020. The summed E-state index contributed by atoms with van der Waals surface area (Å²) in [5.74, 6) is 0.275. The molecule has 0 bridgehead atoms. The van der Waals surface area contributed by atoms with E-state index in [1.54, 1.807) is 0 Å². The molecular weight excluding hydrogens is 437 g/mol. The number of nitrogens with one attached hydrogen (secondary N) is 1. The number of alkyl halides is 3. The van der Waals surface area contributed by atoms with E-state index < -0.39 is 6.36 Å². The van der Waals surface area contributed by atoms with Crippen molar-refractivity contribution in [3.63, 3.8) is 0 Å². The lowest BCUT2D eigenvalue weighted by atomic mass is 9.77. The Morgan fingerprint density at radius 1 is 1.15 bits per heavy atom. The SMILES string of the molecule is O=C(c1cnc(NCc2cc(OC(F)(F)F)cc(C3CC3)c2)nc1)N1CCC12CCOCC2. The Morgan fingerprint density at radius 2 is 1.88 bits per heavy atom. The molecule has 3 aliphatic rings. The van der Waals surface area contributed by atoms with Gasteiger partial charge in [-0.3, -0.25) is 4.79 Å². The summed E-state index contributed by atoms with van der Waals surface area (Å²) in [5.41, 5.74) is 1.80. The first-order valence-electron chi connectivity index (χ1n) is 11.2. The number of benzene rings is 1. The van der Waals surface area contributed by atoms with Gasteiger partial charge in [0, 0.05) is 44.2 Å². The van der Waals surface area contributed by atoms with Crippen molar-refractivity contribution in [3.8, 4) is 5.75 Å². The van der Waals surface area contributed by atoms with Gasteiger partial charge in [-0.1, -0.05) is 6.07 Å². The van der Waals surface area contributed by atoms with Gasteiger partial charge in [0.25, 0.3) is 5.91 Å². The second-order valence-electron chi connectivity index (χ2n) is 8.92. The lowest BCUT2D eigenvalue weighted by Gasteiger charge is -2.54. The smallest absolute Gasteiger partial charge is 0.406 e. The van der Waals surface area contributed by atoms with E-state index in [4.69, 9.17) is 4.74 Å². The van der Waals surface area contributed by atoms with E-state index in [0.29, 0.717) is 30.3 Å². The zero-order chi connectivity index (χ0) is 23.1. The first kappa shape index (κ1) is 21.9. The summed E-state index contributed by atoms with van der Waals surface area (Å²) in [4.78, 5) is 23.3. The molecule has 3 fully saturated rings. The normalized spacial score (nSPS) is 19.8. The highest BCUT2D eigenvalue weighted by molar-refractivity contribution is 5.94. The maximum Gasteiger partial charge on any atom is 0.573 e. The van der Waals surface area contributed by atoms with E-state index in [2.05, 4.69) is 20.0 Å². The van der Waals surface area contributed by atoms with Crippen LogP contribution in [0.25, 0.3) is 0 Å². The zero-order valence-corrected chi connectivity index (χ0v) is 18.0. The van der Waals surface area contributed by atoms with Gasteiger partial charge in [0.2, 0.25) is 5.95 Å². The summed E-state index contributed by atoms with van der Waals surface area (Å²) in [5, 5.41) is 3.02. The predicted molar refractivity (Wildman–Crippen MR) is 113 cm³/mol. The van der Waals surface area contributed by atoms with Crippen LogP contribution in [-0.2, 0) is 11.3 Å².